The topological polar surface area (TPSA) is 106 Å². The maximum absolute atomic E-state index is 13.1. The molecular weight excluding hydrogens is 631 g/mol. The molecule has 0 aliphatic heterocycles. The molecule has 2 atom stereocenters. The number of carbonyl (C=O) groups excluding carboxylic acids is 2. The third-order valence-electron chi connectivity index (χ3n) is 7.42. The molecule has 0 saturated heterocycles. The van der Waals surface area contributed by atoms with Crippen LogP contribution in [0.4, 0.5) is 0 Å². The molecule has 0 saturated carbocycles. The Bertz CT molecular complexity index is 1620. The molecule has 0 bridgehead atoms. The Hall–Kier alpha value is -4.07. The predicted molar refractivity (Wildman–Crippen MR) is 189 cm³/mol. The van der Waals surface area contributed by atoms with Gasteiger partial charge in [0.15, 0.2) is 18.4 Å². The van der Waals surface area contributed by atoms with Crippen molar-refractivity contribution in [2.45, 2.75) is 30.3 Å². The molecule has 4 aromatic carbocycles. The average Bonchev–Trinajstić information content (AvgIpc) is 3.11. The van der Waals surface area contributed by atoms with Gasteiger partial charge in [0, 0.05) is 46.0 Å². The molecule has 0 radical (unpaired) electrons. The number of nitrogens with zero attached hydrogens (tertiary/aromatic N) is 1. The van der Waals surface area contributed by atoms with Crippen molar-refractivity contribution < 1.29 is 28.9 Å². The van der Waals surface area contributed by atoms with Crippen LogP contribution in [0.2, 0.25) is 0 Å². The Balaban J connectivity index is 1.27. The Morgan fingerprint density at radius 2 is 1.38 bits per heavy atom. The lowest BCUT2D eigenvalue weighted by atomic mass is 10.0. The number of ketones is 2. The summed E-state index contributed by atoms with van der Waals surface area (Å²) in [5, 5.41) is 18.3. The summed E-state index contributed by atoms with van der Waals surface area (Å²) in [5.41, 5.74) is 4.85. The lowest BCUT2D eigenvalue weighted by molar-refractivity contribution is 0.0237. The Morgan fingerprint density at radius 3 is 1.96 bits per heavy atom. The Labute approximate surface area is 285 Å². The van der Waals surface area contributed by atoms with Crippen LogP contribution in [0.25, 0.3) is 0 Å². The molecule has 7 nitrogen and oxygen atoms in total. The fourth-order valence-corrected chi connectivity index (χ4v) is 7.00. The van der Waals surface area contributed by atoms with Crippen LogP contribution in [0.3, 0.4) is 0 Å². The first-order valence-corrected chi connectivity index (χ1v) is 17.4. The number of benzene rings is 4. The third kappa shape index (κ3) is 11.3. The van der Waals surface area contributed by atoms with Crippen LogP contribution in [-0.2, 0) is 4.74 Å². The minimum absolute atomic E-state index is 0.00651. The number of carbonyl (C=O) groups is 2. The molecule has 1 N–H and O–H groups in total. The fourth-order valence-electron chi connectivity index (χ4n) is 4.88. The molecule has 0 spiro atoms. The van der Waals surface area contributed by atoms with E-state index in [-0.39, 0.29) is 35.5 Å². The van der Waals surface area contributed by atoms with E-state index in [4.69, 9.17) is 19.5 Å². The predicted octanol–water partition coefficient (Wildman–Crippen LogP) is 8.02. The van der Waals surface area contributed by atoms with Crippen molar-refractivity contribution in [1.29, 1.82) is 5.26 Å². The second-order valence-electron chi connectivity index (χ2n) is 10.8. The van der Waals surface area contributed by atoms with E-state index in [0.717, 1.165) is 22.4 Å². The number of ether oxygens (including phenoxy) is 3. The highest BCUT2D eigenvalue weighted by Gasteiger charge is 2.20. The number of nitriles is 1. The van der Waals surface area contributed by atoms with Gasteiger partial charge in [0.25, 0.3) is 0 Å². The summed E-state index contributed by atoms with van der Waals surface area (Å²) in [6.45, 7) is 2.52. The van der Waals surface area contributed by atoms with Gasteiger partial charge >= 0.3 is 0 Å². The lowest BCUT2D eigenvalue weighted by Gasteiger charge is -2.18. The number of aryl methyl sites for hydroxylation is 1. The van der Waals surface area contributed by atoms with E-state index in [9.17, 15) is 14.7 Å². The first-order valence-electron chi connectivity index (χ1n) is 15.3. The maximum Gasteiger partial charge on any atom is 0.189 e. The molecule has 244 valence electrons. The number of aliphatic hydroxyl groups is 1. The van der Waals surface area contributed by atoms with E-state index in [1.54, 1.807) is 54.9 Å². The average molecular weight is 670 g/mol. The Morgan fingerprint density at radius 1 is 0.787 bits per heavy atom. The van der Waals surface area contributed by atoms with Gasteiger partial charge < -0.3 is 19.3 Å². The van der Waals surface area contributed by atoms with E-state index >= 15 is 0 Å². The van der Waals surface area contributed by atoms with Gasteiger partial charge in [-0.1, -0.05) is 60.2 Å². The molecular formula is C38H39NO6S2. The highest BCUT2D eigenvalue weighted by atomic mass is 32.2. The largest absolute Gasteiger partial charge is 0.497 e. The number of thioether (sulfide) groups is 2. The van der Waals surface area contributed by atoms with E-state index in [1.165, 1.54) is 0 Å². The summed E-state index contributed by atoms with van der Waals surface area (Å²) < 4.78 is 16.9. The standard InChI is InChI=1S/C38H39NO6S2/c1-27-4-3-5-32(22-27)36(42)24-37(46-20-18-40)31-12-16-34(17-13-31)45-26-44-19-21-47-38(30-10-14-33(43-2)15-11-30)23-35(41)29-8-6-28(25-39)7-9-29/h3-17,22,37-38,40H,18-21,23-24,26H2,1-2H3. The number of aliphatic hydroxyl groups excluding tert-OH is 1. The van der Waals surface area contributed by atoms with Gasteiger partial charge in [0.05, 0.1) is 32.0 Å². The zero-order valence-corrected chi connectivity index (χ0v) is 28.2. The van der Waals surface area contributed by atoms with Crippen LogP contribution in [-0.4, -0.2) is 55.3 Å². The highest BCUT2D eigenvalue weighted by molar-refractivity contribution is 7.99. The number of methoxy groups -OCH3 is 1. The fraction of sp³-hybridized carbons (Fsp3) is 0.289. The second-order valence-corrected chi connectivity index (χ2v) is 13.4. The van der Waals surface area contributed by atoms with Gasteiger partial charge in [0.1, 0.15) is 11.5 Å². The van der Waals surface area contributed by atoms with E-state index in [1.807, 2.05) is 79.7 Å². The van der Waals surface area contributed by atoms with Crippen molar-refractivity contribution in [1.82, 2.24) is 0 Å². The molecule has 0 aliphatic carbocycles. The first-order chi connectivity index (χ1) is 22.9. The molecule has 47 heavy (non-hydrogen) atoms. The summed E-state index contributed by atoms with van der Waals surface area (Å²) in [6.07, 6.45) is 0.644. The van der Waals surface area contributed by atoms with Gasteiger partial charge in [-0.15, -0.1) is 0 Å². The smallest absolute Gasteiger partial charge is 0.189 e. The molecule has 0 amide bonds. The molecule has 4 aromatic rings. The number of rotatable bonds is 19. The zero-order chi connectivity index (χ0) is 33.4. The van der Waals surface area contributed by atoms with Crippen LogP contribution < -0.4 is 9.47 Å². The van der Waals surface area contributed by atoms with Crippen molar-refractivity contribution in [3.05, 3.63) is 130 Å². The summed E-state index contributed by atoms with van der Waals surface area (Å²) >= 11 is 3.20. The first kappa shape index (κ1) is 35.8. The minimum atomic E-state index is -0.0874. The minimum Gasteiger partial charge on any atom is -0.497 e. The van der Waals surface area contributed by atoms with Crippen LogP contribution in [0.5, 0.6) is 11.5 Å². The van der Waals surface area contributed by atoms with Gasteiger partial charge in [-0.3, -0.25) is 9.59 Å². The van der Waals surface area contributed by atoms with Crippen molar-refractivity contribution in [2.24, 2.45) is 0 Å². The van der Waals surface area contributed by atoms with Crippen molar-refractivity contribution in [3.8, 4) is 17.6 Å². The molecule has 0 aliphatic rings. The van der Waals surface area contributed by atoms with Crippen molar-refractivity contribution in [3.63, 3.8) is 0 Å². The van der Waals surface area contributed by atoms with Crippen LogP contribution in [0, 0.1) is 18.3 Å². The van der Waals surface area contributed by atoms with Crippen LogP contribution in [0.15, 0.2) is 97.1 Å². The molecule has 0 aromatic heterocycles. The van der Waals surface area contributed by atoms with Crippen molar-refractivity contribution >= 4 is 35.1 Å². The van der Waals surface area contributed by atoms with Crippen LogP contribution >= 0.6 is 23.5 Å². The zero-order valence-electron chi connectivity index (χ0n) is 26.6. The van der Waals surface area contributed by atoms with Gasteiger partial charge in [-0.05, 0) is 60.5 Å². The quantitative estimate of drug-likeness (QED) is 0.0604. The second kappa shape index (κ2) is 18.9. The number of hydrogen-bond donors (Lipinski definition) is 1. The summed E-state index contributed by atoms with van der Waals surface area (Å²) in [4.78, 5) is 26.1. The van der Waals surface area contributed by atoms with E-state index < -0.39 is 0 Å². The van der Waals surface area contributed by atoms with Gasteiger partial charge in [0.2, 0.25) is 0 Å². The van der Waals surface area contributed by atoms with Crippen LogP contribution in [0.1, 0.15) is 66.3 Å². The summed E-state index contributed by atoms with van der Waals surface area (Å²) in [7, 11) is 1.62. The molecule has 2 unspecified atom stereocenters. The molecule has 9 heteroatoms. The molecule has 4 rings (SSSR count). The number of hydrogen-bond acceptors (Lipinski definition) is 9. The summed E-state index contributed by atoms with van der Waals surface area (Å²) in [5.74, 6) is 2.67. The third-order valence-corrected chi connectivity index (χ3v) is 9.93. The van der Waals surface area contributed by atoms with E-state index in [2.05, 4.69) is 6.07 Å². The molecule has 0 fully saturated rings. The molecule has 0 heterocycles. The lowest BCUT2D eigenvalue weighted by Crippen LogP contribution is -2.09. The SMILES string of the molecule is COc1ccc(C(CC(=O)c2ccc(C#N)cc2)SCCOCOc2ccc(C(CC(=O)c3cccc(C)c3)SCCO)cc2)cc1. The van der Waals surface area contributed by atoms with Gasteiger partial charge in [-0.25, -0.2) is 0 Å². The Kier molecular flexibility index (Phi) is 14.4. The normalized spacial score (nSPS) is 12.1. The maximum atomic E-state index is 13.1. The summed E-state index contributed by atoms with van der Waals surface area (Å²) in [6, 6.07) is 31.8. The highest BCUT2D eigenvalue weighted by Crippen LogP contribution is 2.35. The van der Waals surface area contributed by atoms with E-state index in [0.29, 0.717) is 53.4 Å². The van der Waals surface area contributed by atoms with Crippen molar-refractivity contribution in [2.75, 3.05) is 38.6 Å². The van der Waals surface area contributed by atoms with Gasteiger partial charge in [-0.2, -0.15) is 28.8 Å². The monoisotopic (exact) mass is 669 g/mol. The number of Topliss-reactive ketones (excluding diaryl/α,β-unsaturated/α-hetero) is 2.